The zero-order valence-electron chi connectivity index (χ0n) is 15.8. The molecule has 1 atom stereocenters. The van der Waals surface area contributed by atoms with E-state index in [4.69, 9.17) is 0 Å². The molecule has 4 rings (SSSR count). The molecule has 28 heavy (non-hydrogen) atoms. The van der Waals surface area contributed by atoms with Crippen molar-refractivity contribution in [2.24, 2.45) is 5.92 Å². The molecule has 1 fully saturated rings. The van der Waals surface area contributed by atoms with E-state index >= 15 is 0 Å². The molecule has 1 aliphatic heterocycles. The standard InChI is InChI=1S/C17H21F3N8/c1-10(2)8-26-9-21-24-14(26)12-5-4-6-27(12)13-7-11(3)22-16-23-15(17(18,19)20)25-28(13)16/h7,9-10,12H,4-6,8H2,1-3H3. The van der Waals surface area contributed by atoms with Crippen molar-refractivity contribution in [3.8, 4) is 0 Å². The molecule has 3 aromatic heterocycles. The second-order valence-electron chi connectivity index (χ2n) is 7.49. The maximum Gasteiger partial charge on any atom is 0.453 e. The van der Waals surface area contributed by atoms with Gasteiger partial charge in [0.25, 0.3) is 11.6 Å². The third-order valence-corrected chi connectivity index (χ3v) is 4.73. The van der Waals surface area contributed by atoms with Gasteiger partial charge in [0.05, 0.1) is 6.04 Å². The van der Waals surface area contributed by atoms with Crippen molar-refractivity contribution in [3.05, 3.63) is 29.7 Å². The highest BCUT2D eigenvalue weighted by molar-refractivity contribution is 5.50. The van der Waals surface area contributed by atoms with Crippen LogP contribution in [0.15, 0.2) is 12.4 Å². The van der Waals surface area contributed by atoms with Crippen LogP contribution in [-0.4, -0.2) is 40.9 Å². The van der Waals surface area contributed by atoms with Crippen molar-refractivity contribution in [2.75, 3.05) is 11.4 Å². The number of aryl methyl sites for hydroxylation is 1. The smallest absolute Gasteiger partial charge is 0.346 e. The van der Waals surface area contributed by atoms with Crippen molar-refractivity contribution in [1.82, 2.24) is 34.3 Å². The lowest BCUT2D eigenvalue weighted by Crippen LogP contribution is -2.28. The van der Waals surface area contributed by atoms with Gasteiger partial charge < -0.3 is 9.47 Å². The van der Waals surface area contributed by atoms with Gasteiger partial charge in [0.15, 0.2) is 5.82 Å². The molecule has 0 aliphatic carbocycles. The molecular formula is C17H21F3N8. The SMILES string of the molecule is Cc1cc(N2CCCC2c2nncn2CC(C)C)n2nc(C(F)(F)F)nc2n1. The van der Waals surface area contributed by atoms with Crippen molar-refractivity contribution in [2.45, 2.75) is 52.4 Å². The Morgan fingerprint density at radius 1 is 1.25 bits per heavy atom. The van der Waals surface area contributed by atoms with Gasteiger partial charge in [0.1, 0.15) is 12.1 Å². The van der Waals surface area contributed by atoms with Crippen LogP contribution >= 0.6 is 0 Å². The van der Waals surface area contributed by atoms with Gasteiger partial charge in [-0.25, -0.2) is 4.98 Å². The van der Waals surface area contributed by atoms with Crippen LogP contribution in [0.25, 0.3) is 5.78 Å². The van der Waals surface area contributed by atoms with Crippen molar-refractivity contribution >= 4 is 11.6 Å². The molecule has 1 aliphatic rings. The average molecular weight is 394 g/mol. The van der Waals surface area contributed by atoms with Gasteiger partial charge in [-0.2, -0.15) is 22.7 Å². The van der Waals surface area contributed by atoms with Gasteiger partial charge in [-0.3, -0.25) is 0 Å². The van der Waals surface area contributed by atoms with E-state index in [0.29, 0.717) is 24.0 Å². The van der Waals surface area contributed by atoms with Crippen molar-refractivity contribution < 1.29 is 13.2 Å². The van der Waals surface area contributed by atoms with Crippen LogP contribution in [0.1, 0.15) is 50.1 Å². The van der Waals surface area contributed by atoms with E-state index in [-0.39, 0.29) is 11.8 Å². The Balaban J connectivity index is 1.79. The summed E-state index contributed by atoms with van der Waals surface area (Å²) in [5.41, 5.74) is 0.581. The molecule has 0 saturated carbocycles. The highest BCUT2D eigenvalue weighted by Gasteiger charge is 2.38. The van der Waals surface area contributed by atoms with Crippen LogP contribution in [0.3, 0.4) is 0 Å². The fraction of sp³-hybridized carbons (Fsp3) is 0.588. The fourth-order valence-corrected chi connectivity index (χ4v) is 3.66. The molecule has 150 valence electrons. The van der Waals surface area contributed by atoms with E-state index in [1.165, 1.54) is 4.52 Å². The Morgan fingerprint density at radius 2 is 2.04 bits per heavy atom. The van der Waals surface area contributed by atoms with Gasteiger partial charge in [0, 0.05) is 24.8 Å². The van der Waals surface area contributed by atoms with Gasteiger partial charge in [-0.05, 0) is 25.7 Å². The Kier molecular flexibility index (Phi) is 4.47. The predicted octanol–water partition coefficient (Wildman–Crippen LogP) is 3.04. The number of rotatable bonds is 4. The maximum absolute atomic E-state index is 13.1. The van der Waals surface area contributed by atoms with Crippen LogP contribution in [0.4, 0.5) is 19.0 Å². The van der Waals surface area contributed by atoms with Crippen LogP contribution in [-0.2, 0) is 12.7 Å². The Labute approximate surface area is 159 Å². The number of halogens is 3. The van der Waals surface area contributed by atoms with Crippen LogP contribution in [0.2, 0.25) is 0 Å². The monoisotopic (exact) mass is 394 g/mol. The molecule has 8 nitrogen and oxygen atoms in total. The number of fused-ring (bicyclic) bond motifs is 1. The lowest BCUT2D eigenvalue weighted by Gasteiger charge is -2.27. The normalized spacial score (nSPS) is 18.0. The van der Waals surface area contributed by atoms with Crippen LogP contribution < -0.4 is 4.90 Å². The third kappa shape index (κ3) is 3.29. The predicted molar refractivity (Wildman–Crippen MR) is 94.7 cm³/mol. The van der Waals surface area contributed by atoms with Gasteiger partial charge in [-0.1, -0.05) is 13.8 Å². The summed E-state index contributed by atoms with van der Waals surface area (Å²) in [7, 11) is 0. The summed E-state index contributed by atoms with van der Waals surface area (Å²) in [6.45, 7) is 7.41. The topological polar surface area (TPSA) is 77.0 Å². The molecule has 1 unspecified atom stereocenters. The minimum Gasteiger partial charge on any atom is -0.346 e. The summed E-state index contributed by atoms with van der Waals surface area (Å²) in [5.74, 6) is 0.517. The summed E-state index contributed by atoms with van der Waals surface area (Å²) in [6, 6.07) is 1.65. The first kappa shape index (κ1) is 18.6. The summed E-state index contributed by atoms with van der Waals surface area (Å²) >= 11 is 0. The summed E-state index contributed by atoms with van der Waals surface area (Å²) in [4.78, 5) is 9.72. The molecule has 0 N–H and O–H groups in total. The molecule has 0 radical (unpaired) electrons. The molecule has 0 aromatic carbocycles. The van der Waals surface area contributed by atoms with Crippen LogP contribution in [0, 0.1) is 12.8 Å². The number of alkyl halides is 3. The minimum absolute atomic E-state index is 0.0587. The maximum atomic E-state index is 13.1. The number of nitrogens with zero attached hydrogens (tertiary/aromatic N) is 8. The Hall–Kier alpha value is -2.72. The lowest BCUT2D eigenvalue weighted by molar-refractivity contribution is -0.144. The zero-order valence-corrected chi connectivity index (χ0v) is 15.8. The largest absolute Gasteiger partial charge is 0.453 e. The number of anilines is 1. The van der Waals surface area contributed by atoms with E-state index < -0.39 is 12.0 Å². The molecule has 11 heteroatoms. The van der Waals surface area contributed by atoms with E-state index in [0.717, 1.165) is 25.2 Å². The summed E-state index contributed by atoms with van der Waals surface area (Å²) < 4.78 is 42.5. The Morgan fingerprint density at radius 3 is 2.75 bits per heavy atom. The zero-order chi connectivity index (χ0) is 20.1. The number of hydrogen-bond acceptors (Lipinski definition) is 6. The number of aromatic nitrogens is 7. The second-order valence-corrected chi connectivity index (χ2v) is 7.49. The third-order valence-electron chi connectivity index (χ3n) is 4.73. The molecule has 0 bridgehead atoms. The first-order valence-electron chi connectivity index (χ1n) is 9.20. The average Bonchev–Trinajstić information content (AvgIpc) is 3.30. The first-order chi connectivity index (χ1) is 13.2. The fourth-order valence-electron chi connectivity index (χ4n) is 3.66. The lowest BCUT2D eigenvalue weighted by atomic mass is 10.2. The number of hydrogen-bond donors (Lipinski definition) is 0. The van der Waals surface area contributed by atoms with E-state index in [1.54, 1.807) is 19.3 Å². The second kappa shape index (κ2) is 6.71. The highest BCUT2D eigenvalue weighted by atomic mass is 19.4. The molecule has 3 aromatic rings. The van der Waals surface area contributed by atoms with E-state index in [2.05, 4.69) is 39.1 Å². The minimum atomic E-state index is -4.62. The first-order valence-corrected chi connectivity index (χ1v) is 9.20. The highest BCUT2D eigenvalue weighted by Crippen LogP contribution is 2.36. The molecule has 1 saturated heterocycles. The summed E-state index contributed by atoms with van der Waals surface area (Å²) in [6.07, 6.45) is -1.19. The van der Waals surface area contributed by atoms with E-state index in [9.17, 15) is 13.2 Å². The molecular weight excluding hydrogens is 373 g/mol. The van der Waals surface area contributed by atoms with Crippen molar-refractivity contribution in [1.29, 1.82) is 0 Å². The molecule has 0 spiro atoms. The summed E-state index contributed by atoms with van der Waals surface area (Å²) in [5, 5.41) is 12.0. The van der Waals surface area contributed by atoms with Gasteiger partial charge in [-0.15, -0.1) is 15.3 Å². The quantitative estimate of drug-likeness (QED) is 0.677. The van der Waals surface area contributed by atoms with Gasteiger partial charge in [0.2, 0.25) is 0 Å². The Bertz CT molecular complexity index is 990. The van der Waals surface area contributed by atoms with Gasteiger partial charge >= 0.3 is 6.18 Å². The molecule has 0 amide bonds. The van der Waals surface area contributed by atoms with Crippen LogP contribution in [0.5, 0.6) is 0 Å². The van der Waals surface area contributed by atoms with E-state index in [1.807, 2.05) is 9.47 Å². The molecule has 4 heterocycles. The van der Waals surface area contributed by atoms with Crippen molar-refractivity contribution in [3.63, 3.8) is 0 Å².